The molecule has 2 N–H and O–H groups in total. The monoisotopic (exact) mass is 267 g/mol. The molecule has 0 saturated heterocycles. The molecule has 0 atom stereocenters. The SMILES string of the molecule is CC1(C)COc2cc(/C=C/CN)cc(Cl)c2OC1. The minimum atomic E-state index is -0.0182. The topological polar surface area (TPSA) is 44.5 Å². The van der Waals surface area contributed by atoms with Gasteiger partial charge in [0.2, 0.25) is 0 Å². The van der Waals surface area contributed by atoms with Crippen molar-refractivity contribution in [3.8, 4) is 11.5 Å². The zero-order chi connectivity index (χ0) is 13.2. The van der Waals surface area contributed by atoms with Crippen LogP contribution in [-0.2, 0) is 0 Å². The summed E-state index contributed by atoms with van der Waals surface area (Å²) in [6.07, 6.45) is 3.80. The molecule has 0 aliphatic carbocycles. The van der Waals surface area contributed by atoms with Crippen LogP contribution in [0.15, 0.2) is 18.2 Å². The summed E-state index contributed by atoms with van der Waals surface area (Å²) >= 11 is 6.22. The van der Waals surface area contributed by atoms with Crippen molar-refractivity contribution in [2.45, 2.75) is 13.8 Å². The Hall–Kier alpha value is -1.19. The van der Waals surface area contributed by atoms with E-state index in [1.54, 1.807) is 0 Å². The van der Waals surface area contributed by atoms with E-state index in [-0.39, 0.29) is 5.41 Å². The van der Waals surface area contributed by atoms with Gasteiger partial charge < -0.3 is 15.2 Å². The molecule has 4 heteroatoms. The third kappa shape index (κ3) is 2.98. The van der Waals surface area contributed by atoms with Gasteiger partial charge in [-0.15, -0.1) is 0 Å². The van der Waals surface area contributed by atoms with Gasteiger partial charge in [-0.05, 0) is 17.7 Å². The summed E-state index contributed by atoms with van der Waals surface area (Å²) in [6, 6.07) is 3.78. The van der Waals surface area contributed by atoms with E-state index in [9.17, 15) is 0 Å². The standard InChI is InChI=1S/C14H18ClNO2/c1-14(2)8-17-12-7-10(4-3-5-16)6-11(15)13(12)18-9-14/h3-4,6-7H,5,8-9,16H2,1-2H3/b4-3+. The fraction of sp³-hybridized carbons (Fsp3) is 0.429. The zero-order valence-corrected chi connectivity index (χ0v) is 11.5. The molecule has 0 aromatic heterocycles. The van der Waals surface area contributed by atoms with Crippen LogP contribution in [0.25, 0.3) is 6.08 Å². The van der Waals surface area contributed by atoms with Crippen molar-refractivity contribution in [1.29, 1.82) is 0 Å². The largest absolute Gasteiger partial charge is 0.489 e. The number of benzene rings is 1. The maximum absolute atomic E-state index is 6.22. The first-order valence-corrected chi connectivity index (χ1v) is 6.35. The molecule has 2 rings (SSSR count). The van der Waals surface area contributed by atoms with E-state index < -0.39 is 0 Å². The molecule has 0 saturated carbocycles. The van der Waals surface area contributed by atoms with Crippen LogP contribution in [0.4, 0.5) is 0 Å². The number of hydrogen-bond donors (Lipinski definition) is 1. The Morgan fingerprint density at radius 2 is 2.06 bits per heavy atom. The fourth-order valence-corrected chi connectivity index (χ4v) is 1.99. The molecular formula is C14H18ClNO2. The highest BCUT2D eigenvalue weighted by Crippen LogP contribution is 2.40. The Kier molecular flexibility index (Phi) is 3.83. The molecule has 3 nitrogen and oxygen atoms in total. The number of nitrogens with two attached hydrogens (primary N) is 1. The van der Waals surface area contributed by atoms with Crippen molar-refractivity contribution in [1.82, 2.24) is 0 Å². The van der Waals surface area contributed by atoms with Crippen molar-refractivity contribution in [2.75, 3.05) is 19.8 Å². The molecule has 0 unspecified atom stereocenters. The van der Waals surface area contributed by atoms with Gasteiger partial charge >= 0.3 is 0 Å². The van der Waals surface area contributed by atoms with E-state index in [4.69, 9.17) is 26.8 Å². The first kappa shape index (κ1) is 13.2. The average molecular weight is 268 g/mol. The van der Waals surface area contributed by atoms with E-state index in [1.807, 2.05) is 24.3 Å². The molecule has 98 valence electrons. The van der Waals surface area contributed by atoms with Gasteiger partial charge in [-0.3, -0.25) is 0 Å². The second-order valence-corrected chi connectivity index (χ2v) is 5.62. The van der Waals surface area contributed by atoms with Crippen molar-refractivity contribution >= 4 is 17.7 Å². The van der Waals surface area contributed by atoms with Crippen molar-refractivity contribution < 1.29 is 9.47 Å². The van der Waals surface area contributed by atoms with Crippen molar-refractivity contribution in [3.63, 3.8) is 0 Å². The van der Waals surface area contributed by atoms with Gasteiger partial charge in [0.05, 0.1) is 18.2 Å². The van der Waals surface area contributed by atoms with E-state index in [0.717, 1.165) is 5.56 Å². The van der Waals surface area contributed by atoms with E-state index in [0.29, 0.717) is 36.3 Å². The number of fused-ring (bicyclic) bond motifs is 1. The Bertz CT molecular complexity index is 469. The lowest BCUT2D eigenvalue weighted by molar-refractivity contribution is 0.140. The summed E-state index contributed by atoms with van der Waals surface area (Å²) in [5, 5.41) is 0.571. The predicted octanol–water partition coefficient (Wildman–Crippen LogP) is 3.11. The number of halogens is 1. The number of ether oxygens (including phenoxy) is 2. The predicted molar refractivity (Wildman–Crippen MR) is 74.3 cm³/mol. The summed E-state index contributed by atoms with van der Waals surface area (Å²) in [5.74, 6) is 1.33. The van der Waals surface area contributed by atoms with Crippen molar-refractivity contribution in [3.05, 3.63) is 28.8 Å². The van der Waals surface area contributed by atoms with E-state index in [1.165, 1.54) is 0 Å². The van der Waals surface area contributed by atoms with Crippen LogP contribution in [-0.4, -0.2) is 19.8 Å². The van der Waals surface area contributed by atoms with Crippen LogP contribution in [0.2, 0.25) is 5.02 Å². The Morgan fingerprint density at radius 1 is 1.33 bits per heavy atom. The highest BCUT2D eigenvalue weighted by molar-refractivity contribution is 6.32. The first-order valence-electron chi connectivity index (χ1n) is 5.97. The third-order valence-electron chi connectivity index (χ3n) is 2.70. The van der Waals surface area contributed by atoms with Crippen LogP contribution in [0, 0.1) is 5.41 Å². The normalized spacial score (nSPS) is 17.8. The summed E-state index contributed by atoms with van der Waals surface area (Å²) < 4.78 is 11.5. The van der Waals surface area contributed by atoms with Gasteiger partial charge in [0.15, 0.2) is 11.5 Å². The molecule has 0 bridgehead atoms. The smallest absolute Gasteiger partial charge is 0.179 e. The lowest BCUT2D eigenvalue weighted by Gasteiger charge is -2.19. The van der Waals surface area contributed by atoms with Crippen LogP contribution >= 0.6 is 11.6 Å². The summed E-state index contributed by atoms with van der Waals surface area (Å²) in [7, 11) is 0. The second-order valence-electron chi connectivity index (χ2n) is 5.21. The molecule has 0 spiro atoms. The summed E-state index contributed by atoms with van der Waals surface area (Å²) in [6.45, 7) is 5.90. The minimum absolute atomic E-state index is 0.0182. The van der Waals surface area contributed by atoms with Gasteiger partial charge in [-0.1, -0.05) is 37.6 Å². The van der Waals surface area contributed by atoms with Gasteiger partial charge in [0, 0.05) is 12.0 Å². The molecule has 1 aromatic carbocycles. The molecule has 1 heterocycles. The summed E-state index contributed by atoms with van der Waals surface area (Å²) in [5.41, 5.74) is 6.38. The molecule has 18 heavy (non-hydrogen) atoms. The van der Waals surface area contributed by atoms with Crippen LogP contribution < -0.4 is 15.2 Å². The number of rotatable bonds is 2. The molecule has 1 aromatic rings. The molecule has 1 aliphatic rings. The molecule has 1 aliphatic heterocycles. The highest BCUT2D eigenvalue weighted by atomic mass is 35.5. The maximum Gasteiger partial charge on any atom is 0.179 e. The van der Waals surface area contributed by atoms with Crippen LogP contribution in [0.3, 0.4) is 0 Å². The highest BCUT2D eigenvalue weighted by Gasteiger charge is 2.26. The molecule has 0 fully saturated rings. The van der Waals surface area contributed by atoms with Gasteiger partial charge in [0.1, 0.15) is 0 Å². The fourth-order valence-electron chi connectivity index (χ4n) is 1.72. The molecule has 0 radical (unpaired) electrons. The zero-order valence-electron chi connectivity index (χ0n) is 10.7. The lowest BCUT2D eigenvalue weighted by Crippen LogP contribution is -2.26. The average Bonchev–Trinajstić information content (AvgIpc) is 2.46. The van der Waals surface area contributed by atoms with Crippen molar-refractivity contribution in [2.24, 2.45) is 11.1 Å². The van der Waals surface area contributed by atoms with Gasteiger partial charge in [0.25, 0.3) is 0 Å². The van der Waals surface area contributed by atoms with Gasteiger partial charge in [-0.2, -0.15) is 0 Å². The van der Waals surface area contributed by atoms with E-state index in [2.05, 4.69) is 13.8 Å². The Balaban J connectivity index is 2.34. The van der Waals surface area contributed by atoms with Crippen LogP contribution in [0.1, 0.15) is 19.4 Å². The molecule has 0 amide bonds. The molecular weight excluding hydrogens is 250 g/mol. The second kappa shape index (κ2) is 5.21. The van der Waals surface area contributed by atoms with Gasteiger partial charge in [-0.25, -0.2) is 0 Å². The lowest BCUT2D eigenvalue weighted by atomic mass is 9.97. The third-order valence-corrected chi connectivity index (χ3v) is 2.98. The Labute approximate surface area is 113 Å². The van der Waals surface area contributed by atoms with E-state index >= 15 is 0 Å². The number of hydrogen-bond acceptors (Lipinski definition) is 3. The van der Waals surface area contributed by atoms with Crippen LogP contribution in [0.5, 0.6) is 11.5 Å². The summed E-state index contributed by atoms with van der Waals surface area (Å²) in [4.78, 5) is 0. The quantitative estimate of drug-likeness (QED) is 0.895. The first-order chi connectivity index (χ1) is 8.52. The maximum atomic E-state index is 6.22. The Morgan fingerprint density at radius 3 is 2.78 bits per heavy atom. The minimum Gasteiger partial charge on any atom is -0.489 e.